The summed E-state index contributed by atoms with van der Waals surface area (Å²) in [6.45, 7) is 5.46. The molecule has 1 fully saturated rings. The Bertz CT molecular complexity index is 446. The van der Waals surface area contributed by atoms with Gasteiger partial charge in [0.05, 0.1) is 0 Å². The lowest BCUT2D eigenvalue weighted by Crippen LogP contribution is -2.47. The van der Waals surface area contributed by atoms with E-state index in [1.165, 1.54) is 24.7 Å². The summed E-state index contributed by atoms with van der Waals surface area (Å²) in [5, 5.41) is 4.09. The summed E-state index contributed by atoms with van der Waals surface area (Å²) in [5.74, 6) is 1.02. The first-order chi connectivity index (χ1) is 9.55. The van der Waals surface area contributed by atoms with Gasteiger partial charge in [-0.1, -0.05) is 24.6 Å². The van der Waals surface area contributed by atoms with Crippen LogP contribution in [0.5, 0.6) is 0 Å². The first-order valence-corrected chi connectivity index (χ1v) is 8.73. The molecule has 2 atom stereocenters. The summed E-state index contributed by atoms with van der Waals surface area (Å²) < 4.78 is 14.2. The lowest BCUT2D eigenvalue weighted by molar-refractivity contribution is 0.394. The molecular weight excluding hydrogens is 293 g/mol. The van der Waals surface area contributed by atoms with E-state index in [1.54, 1.807) is 6.07 Å². The molecule has 1 saturated heterocycles. The van der Waals surface area contributed by atoms with Crippen molar-refractivity contribution in [2.45, 2.75) is 50.3 Å². The first kappa shape index (κ1) is 16.1. The predicted molar refractivity (Wildman–Crippen MR) is 87.3 cm³/mol. The van der Waals surface area contributed by atoms with E-state index >= 15 is 0 Å². The molecule has 0 aliphatic carbocycles. The molecule has 20 heavy (non-hydrogen) atoms. The fraction of sp³-hybridized carbons (Fsp3) is 0.625. The van der Waals surface area contributed by atoms with Crippen LogP contribution >= 0.6 is 23.4 Å². The van der Waals surface area contributed by atoms with Crippen LogP contribution in [0.1, 0.15) is 38.7 Å². The van der Waals surface area contributed by atoms with Crippen molar-refractivity contribution < 1.29 is 4.39 Å². The molecule has 0 saturated carbocycles. The maximum absolute atomic E-state index is 14.0. The van der Waals surface area contributed by atoms with Crippen LogP contribution in [0.2, 0.25) is 5.02 Å². The molecule has 0 amide bonds. The molecule has 4 heteroatoms. The molecule has 0 aromatic heterocycles. The minimum absolute atomic E-state index is 0.188. The molecule has 1 aliphatic rings. The third-order valence-electron chi connectivity index (χ3n) is 4.07. The van der Waals surface area contributed by atoms with Gasteiger partial charge in [0.25, 0.3) is 0 Å². The zero-order valence-electron chi connectivity index (χ0n) is 12.2. The molecule has 1 nitrogen and oxygen atoms in total. The van der Waals surface area contributed by atoms with Gasteiger partial charge in [0.1, 0.15) is 5.82 Å². The van der Waals surface area contributed by atoms with E-state index in [0.29, 0.717) is 11.1 Å². The number of benzene rings is 1. The van der Waals surface area contributed by atoms with Gasteiger partial charge in [0.15, 0.2) is 0 Å². The van der Waals surface area contributed by atoms with Crippen LogP contribution in [0.15, 0.2) is 18.2 Å². The number of hydrogen-bond donors (Lipinski definition) is 1. The third kappa shape index (κ3) is 3.90. The van der Waals surface area contributed by atoms with E-state index in [0.717, 1.165) is 24.9 Å². The highest BCUT2D eigenvalue weighted by molar-refractivity contribution is 8.00. The third-order valence-corrected chi connectivity index (χ3v) is 5.94. The maximum Gasteiger partial charge on any atom is 0.127 e. The van der Waals surface area contributed by atoms with Crippen molar-refractivity contribution in [3.05, 3.63) is 34.6 Å². The lowest BCUT2D eigenvalue weighted by Gasteiger charge is -2.34. The Morgan fingerprint density at radius 3 is 2.90 bits per heavy atom. The van der Waals surface area contributed by atoms with E-state index in [1.807, 2.05) is 17.8 Å². The van der Waals surface area contributed by atoms with Crippen LogP contribution in [-0.4, -0.2) is 23.1 Å². The normalized spacial score (nSPS) is 24.0. The molecule has 0 bridgehead atoms. The summed E-state index contributed by atoms with van der Waals surface area (Å²) in [6, 6.07) is 5.32. The Balaban J connectivity index is 2.14. The highest BCUT2D eigenvalue weighted by atomic mass is 35.5. The van der Waals surface area contributed by atoms with Crippen LogP contribution in [0, 0.1) is 5.82 Å². The molecule has 1 heterocycles. The lowest BCUT2D eigenvalue weighted by atomic mass is 9.90. The van der Waals surface area contributed by atoms with Gasteiger partial charge in [0.2, 0.25) is 0 Å². The number of hydrogen-bond acceptors (Lipinski definition) is 2. The molecular formula is C16H23ClFNS. The number of thioether (sulfide) groups is 1. The topological polar surface area (TPSA) is 12.0 Å². The van der Waals surface area contributed by atoms with Crippen molar-refractivity contribution in [2.24, 2.45) is 0 Å². The van der Waals surface area contributed by atoms with Crippen molar-refractivity contribution in [2.75, 3.05) is 12.3 Å². The Morgan fingerprint density at radius 1 is 1.50 bits per heavy atom. The maximum atomic E-state index is 14.0. The average Bonchev–Trinajstić information content (AvgIpc) is 2.84. The molecule has 0 spiro atoms. The van der Waals surface area contributed by atoms with Gasteiger partial charge in [-0.25, -0.2) is 4.39 Å². The molecule has 112 valence electrons. The van der Waals surface area contributed by atoms with Crippen LogP contribution in [0.25, 0.3) is 0 Å². The Kier molecular flexibility index (Phi) is 5.76. The van der Waals surface area contributed by atoms with Crippen molar-refractivity contribution in [1.29, 1.82) is 0 Å². The van der Waals surface area contributed by atoms with E-state index in [-0.39, 0.29) is 10.6 Å². The van der Waals surface area contributed by atoms with Crippen LogP contribution < -0.4 is 5.32 Å². The summed E-state index contributed by atoms with van der Waals surface area (Å²) in [6.07, 6.45) is 4.29. The standard InChI is InChI=1S/C16H23ClFNS/c1-3-8-19-15(16(2)7-4-9-20-16)10-12-5-6-13(17)11-14(12)18/h5-6,11,15,19H,3-4,7-10H2,1-2H3. The highest BCUT2D eigenvalue weighted by Gasteiger charge is 2.37. The molecule has 1 aliphatic heterocycles. The Labute approximate surface area is 130 Å². The molecule has 2 rings (SSSR count). The van der Waals surface area contributed by atoms with E-state index in [4.69, 9.17) is 11.6 Å². The molecule has 2 unspecified atom stereocenters. The SMILES string of the molecule is CCCNC(Cc1ccc(Cl)cc1F)C1(C)CCCS1. The molecule has 1 N–H and O–H groups in total. The van der Waals surface area contributed by atoms with E-state index < -0.39 is 0 Å². The smallest absolute Gasteiger partial charge is 0.127 e. The summed E-state index contributed by atoms with van der Waals surface area (Å²) in [5.41, 5.74) is 0.761. The second-order valence-corrected chi connectivity index (χ2v) is 7.78. The summed E-state index contributed by atoms with van der Waals surface area (Å²) >= 11 is 7.85. The minimum Gasteiger partial charge on any atom is -0.312 e. The van der Waals surface area contributed by atoms with Crippen molar-refractivity contribution in [3.63, 3.8) is 0 Å². The predicted octanol–water partition coefficient (Wildman–Crippen LogP) is 4.68. The van der Waals surface area contributed by atoms with Gasteiger partial charge < -0.3 is 5.32 Å². The second-order valence-electron chi connectivity index (χ2n) is 5.71. The van der Waals surface area contributed by atoms with Crippen molar-refractivity contribution in [3.8, 4) is 0 Å². The minimum atomic E-state index is -0.188. The Morgan fingerprint density at radius 2 is 2.30 bits per heavy atom. The van der Waals surface area contributed by atoms with Gasteiger partial charge >= 0.3 is 0 Å². The molecule has 0 radical (unpaired) electrons. The summed E-state index contributed by atoms with van der Waals surface area (Å²) in [4.78, 5) is 0. The highest BCUT2D eigenvalue weighted by Crippen LogP contribution is 2.41. The summed E-state index contributed by atoms with van der Waals surface area (Å²) in [7, 11) is 0. The van der Waals surface area contributed by atoms with Gasteiger partial charge in [0, 0.05) is 15.8 Å². The van der Waals surface area contributed by atoms with Gasteiger partial charge in [-0.05, 0) is 62.6 Å². The van der Waals surface area contributed by atoms with Crippen LogP contribution in [-0.2, 0) is 6.42 Å². The quantitative estimate of drug-likeness (QED) is 0.818. The first-order valence-electron chi connectivity index (χ1n) is 7.36. The zero-order chi connectivity index (χ0) is 14.6. The second kappa shape index (κ2) is 7.15. The fourth-order valence-electron chi connectivity index (χ4n) is 2.81. The van der Waals surface area contributed by atoms with Crippen LogP contribution in [0.3, 0.4) is 0 Å². The van der Waals surface area contributed by atoms with E-state index in [2.05, 4.69) is 19.2 Å². The van der Waals surface area contributed by atoms with Crippen molar-refractivity contribution >= 4 is 23.4 Å². The Hall–Kier alpha value is -0.250. The number of nitrogens with one attached hydrogen (secondary N) is 1. The van der Waals surface area contributed by atoms with Crippen molar-refractivity contribution in [1.82, 2.24) is 5.32 Å². The zero-order valence-corrected chi connectivity index (χ0v) is 13.8. The van der Waals surface area contributed by atoms with Gasteiger partial charge in [-0.3, -0.25) is 0 Å². The van der Waals surface area contributed by atoms with Gasteiger partial charge in [-0.2, -0.15) is 11.8 Å². The van der Waals surface area contributed by atoms with E-state index in [9.17, 15) is 4.39 Å². The fourth-order valence-corrected chi connectivity index (χ4v) is 4.38. The van der Waals surface area contributed by atoms with Crippen LogP contribution in [0.4, 0.5) is 4.39 Å². The number of rotatable bonds is 6. The number of halogens is 2. The van der Waals surface area contributed by atoms with Gasteiger partial charge in [-0.15, -0.1) is 0 Å². The monoisotopic (exact) mass is 315 g/mol. The molecule has 1 aromatic carbocycles. The molecule has 1 aromatic rings. The largest absolute Gasteiger partial charge is 0.312 e. The average molecular weight is 316 g/mol.